The molecule has 1 atom stereocenters. The Bertz CT molecular complexity index is 1150. The van der Waals surface area contributed by atoms with Crippen LogP contribution < -0.4 is 15.9 Å². The van der Waals surface area contributed by atoms with Crippen molar-refractivity contribution in [3.05, 3.63) is 70.8 Å². The van der Waals surface area contributed by atoms with Crippen LogP contribution >= 0.6 is 0 Å². The summed E-state index contributed by atoms with van der Waals surface area (Å²) in [5.74, 6) is -0.669. The lowest BCUT2D eigenvalue weighted by molar-refractivity contribution is -0.123. The molecule has 1 fully saturated rings. The molecule has 2 aromatic carbocycles. The summed E-state index contributed by atoms with van der Waals surface area (Å²) in [7, 11) is 0. The number of nitrogens with one attached hydrogen (secondary N) is 1. The van der Waals surface area contributed by atoms with Crippen LogP contribution in [0.1, 0.15) is 31.7 Å². The zero-order valence-corrected chi connectivity index (χ0v) is 16.3. The Morgan fingerprint density at radius 1 is 1.14 bits per heavy atom. The number of anilines is 1. The van der Waals surface area contributed by atoms with E-state index >= 15 is 0 Å². The molecule has 0 radical (unpaired) electrons. The molecule has 1 aliphatic rings. The Morgan fingerprint density at radius 3 is 2.72 bits per heavy atom. The summed E-state index contributed by atoms with van der Waals surface area (Å²) < 4.78 is 1.08. The molecule has 7 heteroatoms. The first kappa shape index (κ1) is 18.9. The van der Waals surface area contributed by atoms with E-state index in [1.807, 2.05) is 24.3 Å². The van der Waals surface area contributed by atoms with Gasteiger partial charge in [0.2, 0.25) is 11.8 Å². The van der Waals surface area contributed by atoms with Gasteiger partial charge in [0.15, 0.2) is 0 Å². The minimum atomic E-state index is -0.538. The van der Waals surface area contributed by atoms with E-state index < -0.39 is 5.92 Å². The predicted molar refractivity (Wildman–Crippen MR) is 111 cm³/mol. The Kier molecular flexibility index (Phi) is 4.88. The summed E-state index contributed by atoms with van der Waals surface area (Å²) in [5.41, 5.74) is 4.73. The molecule has 2 amide bonds. The van der Waals surface area contributed by atoms with Crippen molar-refractivity contribution in [1.29, 1.82) is 0 Å². The summed E-state index contributed by atoms with van der Waals surface area (Å²) in [6.45, 7) is 4.47. The number of nitrogens with zero attached hydrogens (tertiary/aromatic N) is 3. The molecule has 0 unspecified atom stereocenters. The lowest BCUT2D eigenvalue weighted by Gasteiger charge is -2.18. The van der Waals surface area contributed by atoms with Crippen LogP contribution in [0, 0.1) is 5.92 Å². The highest BCUT2D eigenvalue weighted by molar-refractivity contribution is 6.01. The van der Waals surface area contributed by atoms with Crippen molar-refractivity contribution >= 4 is 28.4 Å². The minimum Gasteiger partial charge on any atom is -0.312 e. The fourth-order valence-corrected chi connectivity index (χ4v) is 3.54. The van der Waals surface area contributed by atoms with Gasteiger partial charge in [-0.2, -0.15) is 0 Å². The van der Waals surface area contributed by atoms with Gasteiger partial charge in [0, 0.05) is 18.7 Å². The van der Waals surface area contributed by atoms with Crippen molar-refractivity contribution in [2.45, 2.75) is 26.2 Å². The first-order valence-electron chi connectivity index (χ1n) is 9.61. The van der Waals surface area contributed by atoms with Crippen molar-refractivity contribution < 1.29 is 9.59 Å². The van der Waals surface area contributed by atoms with Crippen LogP contribution in [0.2, 0.25) is 0 Å². The molecular weight excluding hydrogens is 368 g/mol. The number of fused-ring (bicyclic) bond motifs is 1. The maximum atomic E-state index is 12.7. The maximum Gasteiger partial charge on any atom is 0.280 e. The molecule has 148 valence electrons. The van der Waals surface area contributed by atoms with Crippen molar-refractivity contribution in [2.75, 3.05) is 16.9 Å². The van der Waals surface area contributed by atoms with E-state index in [9.17, 15) is 14.4 Å². The Hall–Kier alpha value is -3.48. The number of para-hydroxylation sites is 1. The molecule has 7 nitrogen and oxygen atoms in total. The van der Waals surface area contributed by atoms with Gasteiger partial charge in [0.1, 0.15) is 6.33 Å². The fraction of sp³-hybridized carbons (Fsp3) is 0.273. The molecule has 1 aromatic heterocycles. The number of carbonyl (C=O) groups excluding carboxylic acids is 2. The molecule has 1 N–H and O–H groups in total. The molecule has 4 rings (SSSR count). The van der Waals surface area contributed by atoms with Crippen LogP contribution in [0.4, 0.5) is 5.69 Å². The number of amides is 2. The quantitative estimate of drug-likeness (QED) is 0.742. The van der Waals surface area contributed by atoms with Crippen LogP contribution in [0.15, 0.2) is 59.7 Å². The van der Waals surface area contributed by atoms with Crippen molar-refractivity contribution in [3.63, 3.8) is 0 Å². The summed E-state index contributed by atoms with van der Waals surface area (Å²) in [4.78, 5) is 43.6. The first-order valence-corrected chi connectivity index (χ1v) is 9.61. The smallest absolute Gasteiger partial charge is 0.280 e. The second-order valence-electron chi connectivity index (χ2n) is 7.57. The number of hydrogen-bond acceptors (Lipinski definition) is 4. The zero-order valence-electron chi connectivity index (χ0n) is 16.3. The molecule has 0 bridgehead atoms. The highest BCUT2D eigenvalue weighted by Crippen LogP contribution is 2.28. The second-order valence-corrected chi connectivity index (χ2v) is 7.57. The van der Waals surface area contributed by atoms with E-state index in [1.165, 1.54) is 6.33 Å². The SMILES string of the molecule is CC(C)c1cccc(N2C[C@H](C(=O)Nn3cnc4ccccc4c3=O)CC2=O)c1. The largest absolute Gasteiger partial charge is 0.312 e. The van der Waals surface area contributed by atoms with Gasteiger partial charge >= 0.3 is 0 Å². The van der Waals surface area contributed by atoms with E-state index in [0.29, 0.717) is 16.8 Å². The molecule has 2 heterocycles. The lowest BCUT2D eigenvalue weighted by Crippen LogP contribution is -2.37. The average Bonchev–Trinajstić information content (AvgIpc) is 3.12. The number of carbonyl (C=O) groups is 2. The van der Waals surface area contributed by atoms with Gasteiger partial charge in [-0.3, -0.25) is 19.8 Å². The van der Waals surface area contributed by atoms with E-state index in [4.69, 9.17) is 0 Å². The number of hydrogen-bond donors (Lipinski definition) is 1. The third kappa shape index (κ3) is 3.63. The Labute approximate surface area is 167 Å². The number of rotatable bonds is 4. The topological polar surface area (TPSA) is 84.3 Å². The fourth-order valence-electron chi connectivity index (χ4n) is 3.54. The Morgan fingerprint density at radius 2 is 1.93 bits per heavy atom. The summed E-state index contributed by atoms with van der Waals surface area (Å²) in [6.07, 6.45) is 1.40. The molecule has 3 aromatic rings. The van der Waals surface area contributed by atoms with Gasteiger partial charge in [-0.1, -0.05) is 38.1 Å². The van der Waals surface area contributed by atoms with Gasteiger partial charge in [-0.05, 0) is 35.7 Å². The van der Waals surface area contributed by atoms with Crippen molar-refractivity contribution in [1.82, 2.24) is 9.66 Å². The third-order valence-electron chi connectivity index (χ3n) is 5.24. The Balaban J connectivity index is 1.52. The summed E-state index contributed by atoms with van der Waals surface area (Å²) in [6, 6.07) is 14.8. The second kappa shape index (κ2) is 7.50. The average molecular weight is 390 g/mol. The van der Waals surface area contributed by atoms with Gasteiger partial charge in [-0.25, -0.2) is 9.66 Å². The van der Waals surface area contributed by atoms with Crippen LogP contribution in [0.3, 0.4) is 0 Å². The predicted octanol–water partition coefficient (Wildman–Crippen LogP) is 2.64. The highest BCUT2D eigenvalue weighted by Gasteiger charge is 2.35. The molecule has 0 spiro atoms. The van der Waals surface area contributed by atoms with E-state index in [-0.39, 0.29) is 30.3 Å². The van der Waals surface area contributed by atoms with Crippen LogP contribution in [-0.4, -0.2) is 28.0 Å². The first-order chi connectivity index (χ1) is 13.9. The monoisotopic (exact) mass is 390 g/mol. The van der Waals surface area contributed by atoms with E-state index in [0.717, 1.165) is 15.9 Å². The third-order valence-corrected chi connectivity index (χ3v) is 5.24. The van der Waals surface area contributed by atoms with E-state index in [1.54, 1.807) is 29.2 Å². The van der Waals surface area contributed by atoms with Crippen LogP contribution in [-0.2, 0) is 9.59 Å². The van der Waals surface area contributed by atoms with Crippen molar-refractivity contribution in [2.24, 2.45) is 5.92 Å². The maximum absolute atomic E-state index is 12.7. The zero-order chi connectivity index (χ0) is 20.5. The van der Waals surface area contributed by atoms with Gasteiger partial charge in [0.25, 0.3) is 5.56 Å². The lowest BCUT2D eigenvalue weighted by atomic mass is 10.0. The number of benzene rings is 2. The normalized spacial score (nSPS) is 16.6. The van der Waals surface area contributed by atoms with Crippen molar-refractivity contribution in [3.8, 4) is 0 Å². The standard InChI is InChI=1S/C22H22N4O3/c1-14(2)15-6-5-7-17(10-15)25-12-16(11-20(25)27)21(28)24-26-13-23-19-9-4-3-8-18(19)22(26)29/h3-10,13-14,16H,11-12H2,1-2H3,(H,24,28)/t16-/m1/s1. The van der Waals surface area contributed by atoms with Gasteiger partial charge in [0.05, 0.1) is 16.8 Å². The minimum absolute atomic E-state index is 0.102. The summed E-state index contributed by atoms with van der Waals surface area (Å²) in [5, 5.41) is 0.421. The van der Waals surface area contributed by atoms with E-state index in [2.05, 4.69) is 24.3 Å². The highest BCUT2D eigenvalue weighted by atomic mass is 16.2. The number of aromatic nitrogens is 2. The molecular formula is C22H22N4O3. The molecule has 1 aliphatic heterocycles. The van der Waals surface area contributed by atoms with Crippen LogP contribution in [0.25, 0.3) is 10.9 Å². The molecule has 1 saturated heterocycles. The van der Waals surface area contributed by atoms with Gasteiger partial charge in [-0.15, -0.1) is 0 Å². The summed E-state index contributed by atoms with van der Waals surface area (Å²) >= 11 is 0. The molecule has 0 aliphatic carbocycles. The molecule has 29 heavy (non-hydrogen) atoms. The van der Waals surface area contributed by atoms with Crippen LogP contribution in [0.5, 0.6) is 0 Å². The molecule has 0 saturated carbocycles. The van der Waals surface area contributed by atoms with Gasteiger partial charge < -0.3 is 4.90 Å².